The van der Waals surface area contributed by atoms with Crippen molar-refractivity contribution in [2.75, 3.05) is 4.90 Å². The molecule has 0 bridgehead atoms. The van der Waals surface area contributed by atoms with Crippen LogP contribution in [-0.2, 0) is 10.8 Å². The van der Waals surface area contributed by atoms with E-state index in [9.17, 15) is 0 Å². The summed E-state index contributed by atoms with van der Waals surface area (Å²) in [5.74, 6) is 0. The predicted octanol–water partition coefficient (Wildman–Crippen LogP) is 13.7. The Morgan fingerprint density at radius 1 is 0.347 bits per heavy atom. The summed E-state index contributed by atoms with van der Waals surface area (Å²) in [6.45, 7) is 9.63. The maximum Gasteiger partial charge on any atom is 0.0467 e. The summed E-state index contributed by atoms with van der Waals surface area (Å²) < 4.78 is 0. The molecule has 49 heavy (non-hydrogen) atoms. The summed E-state index contributed by atoms with van der Waals surface area (Å²) in [6.07, 6.45) is 2.44. The molecule has 0 aromatic heterocycles. The minimum atomic E-state index is 0.179. The maximum absolute atomic E-state index is 2.48. The molecule has 0 fully saturated rings. The van der Waals surface area contributed by atoms with E-state index < -0.39 is 0 Å². The third-order valence-electron chi connectivity index (χ3n) is 10.7. The van der Waals surface area contributed by atoms with Crippen LogP contribution in [-0.4, -0.2) is 0 Å². The molecule has 0 spiro atoms. The third-order valence-corrected chi connectivity index (χ3v) is 10.7. The van der Waals surface area contributed by atoms with Crippen molar-refractivity contribution >= 4 is 27.8 Å². The van der Waals surface area contributed by atoms with Gasteiger partial charge in [-0.1, -0.05) is 149 Å². The summed E-state index contributed by atoms with van der Waals surface area (Å²) in [5, 5.41) is 2.64. The molecular formula is C48H43N. The number of benzene rings is 7. The fourth-order valence-electron chi connectivity index (χ4n) is 7.67. The molecule has 8 rings (SSSR count). The Labute approximate surface area is 291 Å². The molecular weight excluding hydrogens is 591 g/mol. The Morgan fingerprint density at radius 3 is 1.20 bits per heavy atom. The van der Waals surface area contributed by atoms with E-state index in [0.29, 0.717) is 0 Å². The van der Waals surface area contributed by atoms with Crippen LogP contribution in [0.1, 0.15) is 51.7 Å². The molecule has 0 aliphatic heterocycles. The minimum Gasteiger partial charge on any atom is -0.310 e. The zero-order chi connectivity index (χ0) is 33.6. The first-order valence-corrected chi connectivity index (χ1v) is 17.6. The number of rotatable bonds is 6. The SMILES string of the molecule is CC1(C)CCC(C)(C)c2cc3cc(-c4cccc(N(c5cccc(-c6ccccc6)c5)c5cccc(-c6ccccc6)c5)c4)ccc3cc21. The Bertz CT molecular complexity index is 2190. The highest BCUT2D eigenvalue weighted by Crippen LogP contribution is 2.47. The van der Waals surface area contributed by atoms with Crippen molar-refractivity contribution in [3.05, 3.63) is 175 Å². The van der Waals surface area contributed by atoms with Crippen molar-refractivity contribution in [1.82, 2.24) is 0 Å². The second-order valence-corrected chi connectivity index (χ2v) is 14.9. The molecule has 0 unspecified atom stereocenters. The average Bonchev–Trinajstić information content (AvgIpc) is 3.14. The van der Waals surface area contributed by atoms with Crippen LogP contribution in [0.4, 0.5) is 17.1 Å². The van der Waals surface area contributed by atoms with Gasteiger partial charge in [0.2, 0.25) is 0 Å². The number of anilines is 3. The van der Waals surface area contributed by atoms with Gasteiger partial charge in [-0.15, -0.1) is 0 Å². The van der Waals surface area contributed by atoms with E-state index in [1.54, 1.807) is 0 Å². The normalized spacial score (nSPS) is 14.7. The Kier molecular flexibility index (Phi) is 7.72. The van der Waals surface area contributed by atoms with E-state index >= 15 is 0 Å². The van der Waals surface area contributed by atoms with Crippen LogP contribution in [0.3, 0.4) is 0 Å². The molecule has 0 atom stereocenters. The van der Waals surface area contributed by atoms with Crippen molar-refractivity contribution < 1.29 is 0 Å². The molecule has 1 aliphatic rings. The largest absolute Gasteiger partial charge is 0.310 e. The van der Waals surface area contributed by atoms with Crippen LogP contribution in [0.2, 0.25) is 0 Å². The summed E-state index contributed by atoms with van der Waals surface area (Å²) in [5.41, 5.74) is 14.0. The van der Waals surface area contributed by atoms with Crippen molar-refractivity contribution in [2.24, 2.45) is 0 Å². The summed E-state index contributed by atoms with van der Waals surface area (Å²) >= 11 is 0. The fraction of sp³-hybridized carbons (Fsp3) is 0.167. The van der Waals surface area contributed by atoms with Crippen molar-refractivity contribution in [1.29, 1.82) is 0 Å². The van der Waals surface area contributed by atoms with Gasteiger partial charge in [-0.05, 0) is 121 Å². The van der Waals surface area contributed by atoms with Gasteiger partial charge >= 0.3 is 0 Å². The molecule has 1 heteroatoms. The lowest BCUT2D eigenvalue weighted by Crippen LogP contribution is -2.33. The second kappa shape index (κ2) is 12.2. The number of fused-ring (bicyclic) bond motifs is 2. The lowest BCUT2D eigenvalue weighted by atomic mass is 9.63. The lowest BCUT2D eigenvalue weighted by Gasteiger charge is -2.42. The molecule has 0 amide bonds. The molecule has 7 aromatic rings. The Morgan fingerprint density at radius 2 is 0.735 bits per heavy atom. The van der Waals surface area contributed by atoms with Gasteiger partial charge in [-0.3, -0.25) is 0 Å². The molecule has 0 heterocycles. The monoisotopic (exact) mass is 633 g/mol. The highest BCUT2D eigenvalue weighted by Gasteiger charge is 2.37. The lowest BCUT2D eigenvalue weighted by molar-refractivity contribution is 0.332. The van der Waals surface area contributed by atoms with Gasteiger partial charge < -0.3 is 4.90 Å². The van der Waals surface area contributed by atoms with Crippen molar-refractivity contribution in [2.45, 2.75) is 51.4 Å². The fourth-order valence-corrected chi connectivity index (χ4v) is 7.67. The van der Waals surface area contributed by atoms with Gasteiger partial charge in [0.15, 0.2) is 0 Å². The van der Waals surface area contributed by atoms with Crippen LogP contribution in [0.5, 0.6) is 0 Å². The van der Waals surface area contributed by atoms with Crippen LogP contribution < -0.4 is 4.90 Å². The highest BCUT2D eigenvalue weighted by atomic mass is 15.1. The smallest absolute Gasteiger partial charge is 0.0467 e. The van der Waals surface area contributed by atoms with E-state index in [0.717, 1.165) is 17.1 Å². The molecule has 7 aromatic carbocycles. The van der Waals surface area contributed by atoms with E-state index in [1.165, 1.54) is 68.1 Å². The first kappa shape index (κ1) is 30.9. The van der Waals surface area contributed by atoms with Gasteiger partial charge in [0.1, 0.15) is 0 Å². The number of hydrogen-bond acceptors (Lipinski definition) is 1. The molecule has 0 radical (unpaired) electrons. The van der Waals surface area contributed by atoms with Crippen LogP contribution >= 0.6 is 0 Å². The standard InChI is InChI=1S/C48H43N/c1-47(2)26-27-48(3,4)46-33-41-28-39(24-25-40(41)32-45(46)47)38-20-13-23-44(31-38)49(42-21-11-18-36(29-42)34-14-7-5-8-15-34)43-22-12-19-37(30-43)35-16-9-6-10-17-35/h5-25,28-33H,26-27H2,1-4H3. The molecule has 0 N–H and O–H groups in total. The molecule has 1 nitrogen and oxygen atoms in total. The van der Waals surface area contributed by atoms with E-state index in [2.05, 4.69) is 196 Å². The Balaban J connectivity index is 1.25. The number of nitrogens with zero attached hydrogens (tertiary/aromatic N) is 1. The second-order valence-electron chi connectivity index (χ2n) is 14.9. The minimum absolute atomic E-state index is 0.179. The highest BCUT2D eigenvalue weighted by molar-refractivity contribution is 5.90. The number of hydrogen-bond donors (Lipinski definition) is 0. The van der Waals surface area contributed by atoms with Gasteiger partial charge in [0, 0.05) is 17.1 Å². The topological polar surface area (TPSA) is 3.24 Å². The van der Waals surface area contributed by atoms with E-state index in [1.807, 2.05) is 0 Å². The zero-order valence-corrected chi connectivity index (χ0v) is 28.9. The molecule has 240 valence electrons. The van der Waals surface area contributed by atoms with Gasteiger partial charge in [0.05, 0.1) is 0 Å². The van der Waals surface area contributed by atoms with Gasteiger partial charge in [0.25, 0.3) is 0 Å². The molecule has 1 aliphatic carbocycles. The van der Waals surface area contributed by atoms with Crippen LogP contribution in [0.25, 0.3) is 44.2 Å². The molecule has 0 saturated carbocycles. The van der Waals surface area contributed by atoms with Crippen molar-refractivity contribution in [3.8, 4) is 33.4 Å². The van der Waals surface area contributed by atoms with Crippen LogP contribution in [0, 0.1) is 0 Å². The quantitative estimate of drug-likeness (QED) is 0.176. The van der Waals surface area contributed by atoms with E-state index in [4.69, 9.17) is 0 Å². The summed E-state index contributed by atoms with van der Waals surface area (Å²) in [4.78, 5) is 2.39. The van der Waals surface area contributed by atoms with Gasteiger partial charge in [-0.2, -0.15) is 0 Å². The first-order chi connectivity index (χ1) is 23.7. The van der Waals surface area contributed by atoms with Gasteiger partial charge in [-0.25, -0.2) is 0 Å². The summed E-state index contributed by atoms with van der Waals surface area (Å²) in [6, 6.07) is 60.0. The predicted molar refractivity (Wildman–Crippen MR) is 210 cm³/mol. The maximum atomic E-state index is 2.48. The average molecular weight is 634 g/mol. The molecule has 0 saturated heterocycles. The van der Waals surface area contributed by atoms with Crippen LogP contribution in [0.15, 0.2) is 164 Å². The first-order valence-electron chi connectivity index (χ1n) is 17.6. The van der Waals surface area contributed by atoms with E-state index in [-0.39, 0.29) is 10.8 Å². The summed E-state index contributed by atoms with van der Waals surface area (Å²) in [7, 11) is 0. The van der Waals surface area contributed by atoms with Crippen molar-refractivity contribution in [3.63, 3.8) is 0 Å². The zero-order valence-electron chi connectivity index (χ0n) is 28.9. The third kappa shape index (κ3) is 5.95. The Hall–Kier alpha value is -5.40.